The molecule has 1 aliphatic carbocycles. The number of amides is 2. The van der Waals surface area contributed by atoms with Gasteiger partial charge in [0.05, 0.1) is 0 Å². The van der Waals surface area contributed by atoms with Gasteiger partial charge in [0.1, 0.15) is 0 Å². The number of carbonyl (C=O) groups excluding carboxylic acids is 2. The molecule has 2 amide bonds. The molecular formula is C24H47N2O2Ti. The van der Waals surface area contributed by atoms with Gasteiger partial charge in [-0.1, -0.05) is 0 Å². The SMILES string of the molecule is CCCCC1(CCCC)CC(NC(=O)CCC)C[C](NC(=O)CCC)([Ti]([CH3])[CH3])C1. The first-order valence-electron chi connectivity index (χ1n) is 12.2. The average molecular weight is 444 g/mol. The van der Waals surface area contributed by atoms with Gasteiger partial charge in [-0.05, 0) is 0 Å². The number of hydrogen-bond acceptors (Lipinski definition) is 2. The zero-order valence-electron chi connectivity index (χ0n) is 20.1. The Hall–Kier alpha value is -0.346. The number of carbonyl (C=O) groups is 2. The van der Waals surface area contributed by atoms with Crippen molar-refractivity contribution in [3.63, 3.8) is 0 Å². The van der Waals surface area contributed by atoms with Crippen molar-refractivity contribution >= 4 is 11.8 Å². The van der Waals surface area contributed by atoms with Gasteiger partial charge < -0.3 is 0 Å². The first kappa shape index (κ1) is 26.7. The van der Waals surface area contributed by atoms with Gasteiger partial charge in [-0.3, -0.25) is 0 Å². The molecule has 0 heterocycles. The van der Waals surface area contributed by atoms with Crippen molar-refractivity contribution < 1.29 is 27.5 Å². The van der Waals surface area contributed by atoms with Crippen molar-refractivity contribution in [3.8, 4) is 0 Å². The standard InChI is InChI=1S/C22H41N2O2.2CH3.Ti/c1-5-9-13-22(14-10-6-2)16-18(23-20(25)11-7-3)15-19(17-22)24-21(26)12-8-4;;;/h18H,5-17H2,1-4H3,(H,23,25)(H,24,26);2*1H3;. The van der Waals surface area contributed by atoms with Crippen LogP contribution in [0.4, 0.5) is 0 Å². The van der Waals surface area contributed by atoms with E-state index in [4.69, 9.17) is 0 Å². The monoisotopic (exact) mass is 443 g/mol. The van der Waals surface area contributed by atoms with Gasteiger partial charge >= 0.3 is 187 Å². The number of hydrogen-bond donors (Lipinski definition) is 2. The van der Waals surface area contributed by atoms with Gasteiger partial charge in [0.25, 0.3) is 0 Å². The molecule has 1 rings (SSSR count). The molecule has 0 aliphatic heterocycles. The molecule has 0 bridgehead atoms. The van der Waals surface area contributed by atoms with Gasteiger partial charge in [-0.15, -0.1) is 0 Å². The van der Waals surface area contributed by atoms with Gasteiger partial charge in [-0.2, -0.15) is 0 Å². The summed E-state index contributed by atoms with van der Waals surface area (Å²) in [6.07, 6.45) is 13.4. The van der Waals surface area contributed by atoms with Crippen LogP contribution in [-0.4, -0.2) is 21.7 Å². The van der Waals surface area contributed by atoms with Gasteiger partial charge in [0.2, 0.25) is 0 Å². The Bertz CT molecular complexity index is 501. The Kier molecular flexibility index (Phi) is 12.1. The Balaban J connectivity index is 3.25. The van der Waals surface area contributed by atoms with Crippen LogP contribution in [0.5, 0.6) is 0 Å². The zero-order chi connectivity index (χ0) is 21.9. The maximum atomic E-state index is 12.7. The van der Waals surface area contributed by atoms with Crippen molar-refractivity contribution in [2.24, 2.45) is 5.41 Å². The zero-order valence-corrected chi connectivity index (χ0v) is 21.6. The molecule has 2 unspecified atom stereocenters. The van der Waals surface area contributed by atoms with E-state index in [9.17, 15) is 9.59 Å². The van der Waals surface area contributed by atoms with Crippen LogP contribution in [0.25, 0.3) is 0 Å². The molecule has 0 spiro atoms. The van der Waals surface area contributed by atoms with Crippen LogP contribution in [0.1, 0.15) is 111 Å². The molecule has 29 heavy (non-hydrogen) atoms. The fourth-order valence-corrected chi connectivity index (χ4v) is 7.96. The minimum absolute atomic E-state index is 0.0594. The predicted octanol–water partition coefficient (Wildman–Crippen LogP) is 6.15. The van der Waals surface area contributed by atoms with E-state index in [0.29, 0.717) is 12.8 Å². The quantitative estimate of drug-likeness (QED) is 0.336. The van der Waals surface area contributed by atoms with Crippen molar-refractivity contribution in [1.82, 2.24) is 10.6 Å². The van der Waals surface area contributed by atoms with E-state index in [2.05, 4.69) is 48.8 Å². The number of unbranched alkanes of at least 4 members (excludes halogenated alkanes) is 2. The fourth-order valence-electron chi connectivity index (χ4n) is 5.20. The van der Waals surface area contributed by atoms with Crippen molar-refractivity contribution in [2.45, 2.75) is 132 Å². The van der Waals surface area contributed by atoms with Crippen LogP contribution >= 0.6 is 0 Å². The summed E-state index contributed by atoms with van der Waals surface area (Å²) < 4.78 is -0.0594. The molecule has 0 saturated heterocycles. The Morgan fingerprint density at radius 3 is 1.90 bits per heavy atom. The summed E-state index contributed by atoms with van der Waals surface area (Å²) in [7, 11) is 0. The van der Waals surface area contributed by atoms with Crippen LogP contribution in [0, 0.1) is 5.41 Å². The first-order valence-corrected chi connectivity index (χ1v) is 16.1. The number of rotatable bonds is 13. The molecule has 0 radical (unpaired) electrons. The molecule has 1 fully saturated rings. The van der Waals surface area contributed by atoms with Gasteiger partial charge in [0, 0.05) is 0 Å². The van der Waals surface area contributed by atoms with Crippen LogP contribution in [0.15, 0.2) is 0 Å². The van der Waals surface area contributed by atoms with Crippen molar-refractivity contribution in [1.29, 1.82) is 0 Å². The summed E-state index contributed by atoms with van der Waals surface area (Å²) >= 11 is -1.51. The van der Waals surface area contributed by atoms with Crippen LogP contribution < -0.4 is 10.6 Å². The van der Waals surface area contributed by atoms with Gasteiger partial charge in [0.15, 0.2) is 0 Å². The summed E-state index contributed by atoms with van der Waals surface area (Å²) in [5.41, 5.74) is 0.248. The van der Waals surface area contributed by atoms with Crippen LogP contribution in [-0.2, 0) is 27.5 Å². The summed E-state index contributed by atoms with van der Waals surface area (Å²) in [4.78, 5) is 25.2. The van der Waals surface area contributed by atoms with E-state index in [0.717, 1.165) is 32.1 Å². The molecular weight excluding hydrogens is 396 g/mol. The van der Waals surface area contributed by atoms with E-state index in [1.54, 1.807) is 0 Å². The van der Waals surface area contributed by atoms with Crippen molar-refractivity contribution in [3.05, 3.63) is 0 Å². The first-order chi connectivity index (χ1) is 13.8. The Morgan fingerprint density at radius 2 is 1.41 bits per heavy atom. The second-order valence-corrected chi connectivity index (χ2v) is 14.3. The molecule has 1 saturated carbocycles. The molecule has 2 N–H and O–H groups in total. The van der Waals surface area contributed by atoms with Crippen molar-refractivity contribution in [2.75, 3.05) is 0 Å². The summed E-state index contributed by atoms with van der Waals surface area (Å²) in [5, 5.41) is 11.8. The third kappa shape index (κ3) is 8.36. The number of nitrogens with one attached hydrogen (secondary N) is 2. The van der Waals surface area contributed by atoms with Crippen LogP contribution in [0.3, 0.4) is 0 Å². The van der Waals surface area contributed by atoms with E-state index in [-0.39, 0.29) is 27.1 Å². The van der Waals surface area contributed by atoms with Gasteiger partial charge in [-0.25, -0.2) is 0 Å². The molecule has 5 heteroatoms. The summed E-state index contributed by atoms with van der Waals surface area (Å²) in [6, 6.07) is 0.195. The second-order valence-electron chi connectivity index (χ2n) is 9.69. The molecule has 0 aromatic heterocycles. The molecule has 169 valence electrons. The molecule has 2 atom stereocenters. The fraction of sp³-hybridized carbons (Fsp3) is 0.917. The Morgan fingerprint density at radius 1 is 0.862 bits per heavy atom. The topological polar surface area (TPSA) is 58.2 Å². The third-order valence-corrected chi connectivity index (χ3v) is 10.5. The second kappa shape index (κ2) is 13.1. The molecule has 4 nitrogen and oxygen atoms in total. The average Bonchev–Trinajstić information content (AvgIpc) is 2.65. The van der Waals surface area contributed by atoms with E-state index in [1.807, 2.05) is 0 Å². The molecule has 1 aliphatic rings. The van der Waals surface area contributed by atoms with E-state index in [1.165, 1.54) is 38.5 Å². The van der Waals surface area contributed by atoms with Crippen LogP contribution in [0.2, 0.25) is 10.5 Å². The van der Waals surface area contributed by atoms with E-state index >= 15 is 0 Å². The Labute approximate surface area is 186 Å². The normalized spacial score (nSPS) is 23.4. The molecule has 0 aromatic rings. The van der Waals surface area contributed by atoms with E-state index < -0.39 is 17.9 Å². The summed E-state index contributed by atoms with van der Waals surface area (Å²) in [6.45, 7) is 8.67. The maximum absolute atomic E-state index is 12.7. The summed E-state index contributed by atoms with van der Waals surface area (Å²) in [5.74, 6) is 0.392. The molecule has 0 aromatic carbocycles. The third-order valence-electron chi connectivity index (χ3n) is 6.73. The predicted molar refractivity (Wildman–Crippen MR) is 120 cm³/mol. The minimum atomic E-state index is -1.51.